The average Bonchev–Trinajstić information content (AvgIpc) is 2.87. The summed E-state index contributed by atoms with van der Waals surface area (Å²) >= 11 is 6.52. The molecule has 0 fully saturated rings. The van der Waals surface area contributed by atoms with Crippen molar-refractivity contribution in [1.29, 1.82) is 0 Å². The molecule has 0 saturated heterocycles. The van der Waals surface area contributed by atoms with Gasteiger partial charge in [0.25, 0.3) is 5.91 Å². The van der Waals surface area contributed by atoms with E-state index in [-0.39, 0.29) is 5.91 Å². The molecule has 140 valence electrons. The number of rotatable bonds is 5. The predicted octanol–water partition coefficient (Wildman–Crippen LogP) is 4.14. The highest BCUT2D eigenvalue weighted by Crippen LogP contribution is 2.33. The van der Waals surface area contributed by atoms with Crippen LogP contribution in [0.3, 0.4) is 0 Å². The van der Waals surface area contributed by atoms with E-state index in [1.54, 1.807) is 26.4 Å². The van der Waals surface area contributed by atoms with Crippen LogP contribution < -0.4 is 14.9 Å². The molecule has 6 heteroatoms. The Morgan fingerprint density at radius 1 is 1.15 bits per heavy atom. The minimum Gasteiger partial charge on any atom is -0.497 e. The Morgan fingerprint density at radius 3 is 2.74 bits per heavy atom. The molecule has 1 aliphatic carbocycles. The van der Waals surface area contributed by atoms with E-state index in [0.29, 0.717) is 28.5 Å². The SMILES string of the molecule is COc1ccc(/C=N\NC(=O)C2=C(Cl)c3ccccc3CCC2)c(OC)c1. The van der Waals surface area contributed by atoms with Crippen molar-refractivity contribution >= 4 is 28.8 Å². The van der Waals surface area contributed by atoms with Gasteiger partial charge < -0.3 is 9.47 Å². The van der Waals surface area contributed by atoms with Gasteiger partial charge in [0.05, 0.1) is 25.5 Å². The molecule has 2 aromatic rings. The molecule has 0 spiro atoms. The zero-order chi connectivity index (χ0) is 19.2. The van der Waals surface area contributed by atoms with Crippen molar-refractivity contribution in [2.24, 2.45) is 5.10 Å². The molecule has 0 saturated carbocycles. The zero-order valence-electron chi connectivity index (χ0n) is 15.3. The van der Waals surface area contributed by atoms with Gasteiger partial charge in [-0.05, 0) is 42.5 Å². The first-order valence-electron chi connectivity index (χ1n) is 8.66. The Morgan fingerprint density at radius 2 is 1.96 bits per heavy atom. The summed E-state index contributed by atoms with van der Waals surface area (Å²) in [5.74, 6) is 0.996. The molecule has 0 bridgehead atoms. The molecule has 0 radical (unpaired) electrons. The number of hydrogen-bond acceptors (Lipinski definition) is 4. The van der Waals surface area contributed by atoms with Crippen LogP contribution in [0, 0.1) is 0 Å². The van der Waals surface area contributed by atoms with E-state index in [9.17, 15) is 4.79 Å². The first-order chi connectivity index (χ1) is 13.1. The minimum absolute atomic E-state index is 0.291. The van der Waals surface area contributed by atoms with E-state index < -0.39 is 0 Å². The number of hydrazone groups is 1. The van der Waals surface area contributed by atoms with Gasteiger partial charge in [-0.3, -0.25) is 4.79 Å². The molecular formula is C21H21ClN2O3. The summed E-state index contributed by atoms with van der Waals surface area (Å²) in [6, 6.07) is 13.3. The van der Waals surface area contributed by atoms with E-state index in [2.05, 4.69) is 10.5 Å². The molecule has 1 aliphatic rings. The standard InChI is InChI=1S/C21H21ClN2O3/c1-26-16-11-10-15(19(12-16)27-2)13-23-24-21(25)18-9-5-7-14-6-3-4-8-17(14)20(18)22/h3-4,6,8,10-13H,5,7,9H2,1-2H3,(H,24,25)/b23-13-. The molecule has 0 unspecified atom stereocenters. The summed E-state index contributed by atoms with van der Waals surface area (Å²) in [7, 11) is 3.16. The third-order valence-electron chi connectivity index (χ3n) is 4.48. The minimum atomic E-state index is -0.291. The number of carbonyl (C=O) groups is 1. The number of ether oxygens (including phenoxy) is 2. The summed E-state index contributed by atoms with van der Waals surface area (Å²) < 4.78 is 10.5. The summed E-state index contributed by atoms with van der Waals surface area (Å²) in [6.45, 7) is 0. The monoisotopic (exact) mass is 384 g/mol. The lowest BCUT2D eigenvalue weighted by Gasteiger charge is -2.08. The maximum atomic E-state index is 12.6. The Balaban J connectivity index is 1.77. The Kier molecular flexibility index (Phi) is 6.14. The number of carbonyl (C=O) groups excluding carboxylic acids is 1. The van der Waals surface area contributed by atoms with Gasteiger partial charge in [-0.25, -0.2) is 5.43 Å². The van der Waals surface area contributed by atoms with E-state index in [4.69, 9.17) is 21.1 Å². The van der Waals surface area contributed by atoms with Crippen LogP contribution in [0.2, 0.25) is 0 Å². The zero-order valence-corrected chi connectivity index (χ0v) is 16.0. The number of nitrogens with zero attached hydrogens (tertiary/aromatic N) is 1. The maximum Gasteiger partial charge on any atom is 0.268 e. The van der Waals surface area contributed by atoms with Crippen molar-refractivity contribution in [2.45, 2.75) is 19.3 Å². The number of halogens is 1. The molecule has 3 rings (SSSR count). The van der Waals surface area contributed by atoms with Crippen molar-refractivity contribution in [2.75, 3.05) is 14.2 Å². The van der Waals surface area contributed by atoms with Crippen molar-refractivity contribution < 1.29 is 14.3 Å². The van der Waals surface area contributed by atoms with Gasteiger partial charge in [0.1, 0.15) is 11.5 Å². The molecule has 0 atom stereocenters. The molecule has 0 heterocycles. The Labute approximate surface area is 163 Å². The van der Waals surface area contributed by atoms with Crippen LogP contribution in [0.4, 0.5) is 0 Å². The van der Waals surface area contributed by atoms with Gasteiger partial charge in [-0.15, -0.1) is 0 Å². The topological polar surface area (TPSA) is 59.9 Å². The fraction of sp³-hybridized carbons (Fsp3) is 0.238. The van der Waals surface area contributed by atoms with Gasteiger partial charge in [-0.1, -0.05) is 35.9 Å². The van der Waals surface area contributed by atoms with Gasteiger partial charge in [0.15, 0.2) is 0 Å². The van der Waals surface area contributed by atoms with Crippen molar-refractivity contribution in [3.05, 3.63) is 64.7 Å². The van der Waals surface area contributed by atoms with E-state index in [1.165, 1.54) is 6.21 Å². The highest BCUT2D eigenvalue weighted by Gasteiger charge is 2.20. The quantitative estimate of drug-likeness (QED) is 0.622. The predicted molar refractivity (Wildman–Crippen MR) is 107 cm³/mol. The number of nitrogens with one attached hydrogen (secondary N) is 1. The summed E-state index contributed by atoms with van der Waals surface area (Å²) in [6.07, 6.45) is 3.91. The summed E-state index contributed by atoms with van der Waals surface area (Å²) in [5, 5.41) is 4.56. The van der Waals surface area contributed by atoms with Crippen LogP contribution in [0.15, 0.2) is 53.1 Å². The highest BCUT2D eigenvalue weighted by molar-refractivity contribution is 6.51. The molecule has 0 aliphatic heterocycles. The maximum absolute atomic E-state index is 12.6. The van der Waals surface area contributed by atoms with Crippen molar-refractivity contribution in [3.63, 3.8) is 0 Å². The molecule has 2 aromatic carbocycles. The molecular weight excluding hydrogens is 364 g/mol. The van der Waals surface area contributed by atoms with Crippen LogP contribution in [-0.2, 0) is 11.2 Å². The lowest BCUT2D eigenvalue weighted by Crippen LogP contribution is -2.20. The normalized spacial score (nSPS) is 13.9. The van der Waals surface area contributed by atoms with Gasteiger partial charge >= 0.3 is 0 Å². The van der Waals surface area contributed by atoms with Crippen molar-refractivity contribution in [3.8, 4) is 11.5 Å². The first kappa shape index (κ1) is 19.0. The lowest BCUT2D eigenvalue weighted by molar-refractivity contribution is -0.117. The van der Waals surface area contributed by atoms with E-state index >= 15 is 0 Å². The number of amides is 1. The van der Waals surface area contributed by atoms with E-state index in [1.807, 2.05) is 30.3 Å². The summed E-state index contributed by atoms with van der Waals surface area (Å²) in [4.78, 5) is 12.6. The number of methoxy groups -OCH3 is 2. The largest absolute Gasteiger partial charge is 0.497 e. The highest BCUT2D eigenvalue weighted by atomic mass is 35.5. The van der Waals surface area contributed by atoms with Crippen LogP contribution in [0.1, 0.15) is 29.5 Å². The summed E-state index contributed by atoms with van der Waals surface area (Å²) in [5.41, 5.74) is 5.94. The first-order valence-corrected chi connectivity index (χ1v) is 9.04. The van der Waals surface area contributed by atoms with Crippen LogP contribution in [0.25, 0.3) is 5.03 Å². The number of benzene rings is 2. The third kappa shape index (κ3) is 4.31. The second-order valence-corrected chi connectivity index (χ2v) is 6.49. The smallest absolute Gasteiger partial charge is 0.268 e. The molecule has 5 nitrogen and oxygen atoms in total. The molecule has 0 aromatic heterocycles. The number of fused-ring (bicyclic) bond motifs is 1. The number of aryl methyl sites for hydroxylation is 1. The average molecular weight is 385 g/mol. The fourth-order valence-corrected chi connectivity index (χ4v) is 3.41. The van der Waals surface area contributed by atoms with Crippen LogP contribution >= 0.6 is 11.6 Å². The van der Waals surface area contributed by atoms with Crippen molar-refractivity contribution in [1.82, 2.24) is 5.43 Å². The van der Waals surface area contributed by atoms with Crippen LogP contribution in [0.5, 0.6) is 11.5 Å². The lowest BCUT2D eigenvalue weighted by atomic mass is 10.0. The van der Waals surface area contributed by atoms with E-state index in [0.717, 1.165) is 29.5 Å². The number of hydrogen-bond donors (Lipinski definition) is 1. The third-order valence-corrected chi connectivity index (χ3v) is 4.91. The van der Waals surface area contributed by atoms with Gasteiger partial charge in [0, 0.05) is 17.2 Å². The molecule has 27 heavy (non-hydrogen) atoms. The second kappa shape index (κ2) is 8.73. The Bertz CT molecular complexity index is 906. The second-order valence-electron chi connectivity index (χ2n) is 6.11. The van der Waals surface area contributed by atoms with Gasteiger partial charge in [-0.2, -0.15) is 5.10 Å². The fourth-order valence-electron chi connectivity index (χ4n) is 3.05. The molecule has 1 N–H and O–H groups in total. The Hall–Kier alpha value is -2.79. The molecule has 1 amide bonds. The van der Waals surface area contributed by atoms with Gasteiger partial charge in [0.2, 0.25) is 0 Å². The van der Waals surface area contributed by atoms with Crippen LogP contribution in [-0.4, -0.2) is 26.3 Å².